The smallest absolute Gasteiger partial charge is 0.0624 e. The topological polar surface area (TPSA) is 12.0 Å². The quantitative estimate of drug-likeness (QED) is 0.849. The van der Waals surface area contributed by atoms with E-state index in [9.17, 15) is 0 Å². The highest BCUT2D eigenvalue weighted by molar-refractivity contribution is 8.00. The van der Waals surface area contributed by atoms with Gasteiger partial charge in [0.2, 0.25) is 0 Å². The molecule has 18 heavy (non-hydrogen) atoms. The number of rotatable bonds is 5. The summed E-state index contributed by atoms with van der Waals surface area (Å²) in [6, 6.07) is 6.23. The minimum Gasteiger partial charge on any atom is -0.316 e. The van der Waals surface area contributed by atoms with Crippen LogP contribution in [0.25, 0.3) is 0 Å². The van der Waals surface area contributed by atoms with E-state index in [-0.39, 0.29) is 4.75 Å². The maximum absolute atomic E-state index is 6.22. The van der Waals surface area contributed by atoms with E-state index in [0.717, 1.165) is 17.7 Å². The van der Waals surface area contributed by atoms with Gasteiger partial charge in [0.1, 0.15) is 0 Å². The lowest BCUT2D eigenvalue weighted by Crippen LogP contribution is -2.31. The van der Waals surface area contributed by atoms with Gasteiger partial charge in [0.05, 0.1) is 10.0 Å². The number of thioether (sulfide) groups is 1. The van der Waals surface area contributed by atoms with E-state index in [4.69, 9.17) is 23.2 Å². The molecule has 0 bridgehead atoms. The van der Waals surface area contributed by atoms with Crippen molar-refractivity contribution in [2.24, 2.45) is 0 Å². The standard InChI is InChI=1S/C14H21Cl2NS/c1-14(2,3)18-9-11(17-4)8-10-6-5-7-12(15)13(10)16/h5-7,11,17H,8-9H2,1-4H3. The molecule has 1 rings (SSSR count). The van der Waals surface area contributed by atoms with E-state index in [1.807, 2.05) is 37.0 Å². The van der Waals surface area contributed by atoms with Crippen LogP contribution < -0.4 is 5.32 Å². The summed E-state index contributed by atoms with van der Waals surface area (Å²) in [5.74, 6) is 1.06. The van der Waals surface area contributed by atoms with E-state index >= 15 is 0 Å². The molecule has 1 aromatic rings. The third-order valence-electron chi connectivity index (χ3n) is 2.62. The van der Waals surface area contributed by atoms with E-state index in [2.05, 4.69) is 26.1 Å². The molecule has 0 radical (unpaired) electrons. The van der Waals surface area contributed by atoms with E-state index in [0.29, 0.717) is 16.1 Å². The molecular weight excluding hydrogens is 285 g/mol. The maximum Gasteiger partial charge on any atom is 0.0624 e. The monoisotopic (exact) mass is 305 g/mol. The maximum atomic E-state index is 6.22. The fourth-order valence-corrected chi connectivity index (χ4v) is 2.95. The minimum absolute atomic E-state index is 0.285. The van der Waals surface area contributed by atoms with Gasteiger partial charge in [0, 0.05) is 16.5 Å². The predicted molar refractivity (Wildman–Crippen MR) is 85.2 cm³/mol. The first kappa shape index (κ1) is 16.2. The zero-order valence-electron chi connectivity index (χ0n) is 11.4. The highest BCUT2D eigenvalue weighted by Crippen LogP contribution is 2.28. The van der Waals surface area contributed by atoms with Crippen LogP contribution in [-0.4, -0.2) is 23.6 Å². The molecule has 4 heteroatoms. The van der Waals surface area contributed by atoms with Crippen LogP contribution in [-0.2, 0) is 6.42 Å². The van der Waals surface area contributed by atoms with E-state index in [1.54, 1.807) is 0 Å². The van der Waals surface area contributed by atoms with Crippen molar-refractivity contribution in [3.05, 3.63) is 33.8 Å². The van der Waals surface area contributed by atoms with Gasteiger partial charge in [0.25, 0.3) is 0 Å². The fourth-order valence-electron chi connectivity index (χ4n) is 1.57. The van der Waals surface area contributed by atoms with Crippen molar-refractivity contribution in [3.63, 3.8) is 0 Å². The Morgan fingerprint density at radius 3 is 2.50 bits per heavy atom. The Labute approximate surface area is 125 Å². The number of halogens is 2. The second-order valence-electron chi connectivity index (χ2n) is 5.33. The molecule has 1 atom stereocenters. The van der Waals surface area contributed by atoms with Gasteiger partial charge in [-0.05, 0) is 25.1 Å². The molecule has 0 spiro atoms. The Balaban J connectivity index is 2.65. The summed E-state index contributed by atoms with van der Waals surface area (Å²) >= 11 is 14.2. The van der Waals surface area contributed by atoms with Gasteiger partial charge in [-0.15, -0.1) is 0 Å². The largest absolute Gasteiger partial charge is 0.316 e. The summed E-state index contributed by atoms with van der Waals surface area (Å²) in [7, 11) is 1.99. The average Bonchev–Trinajstić information content (AvgIpc) is 2.28. The highest BCUT2D eigenvalue weighted by Gasteiger charge is 2.16. The zero-order chi connectivity index (χ0) is 13.8. The molecule has 0 heterocycles. The Hall–Kier alpha value is 0.110. The van der Waals surface area contributed by atoms with Crippen molar-refractivity contribution in [3.8, 4) is 0 Å². The minimum atomic E-state index is 0.285. The van der Waals surface area contributed by atoms with Crippen LogP contribution in [0.2, 0.25) is 10.0 Å². The van der Waals surface area contributed by atoms with Gasteiger partial charge in [0.15, 0.2) is 0 Å². The van der Waals surface area contributed by atoms with Crippen LogP contribution in [0, 0.1) is 0 Å². The van der Waals surface area contributed by atoms with Gasteiger partial charge in [-0.25, -0.2) is 0 Å². The second-order valence-corrected chi connectivity index (χ2v) is 7.96. The Bertz CT molecular complexity index is 388. The summed E-state index contributed by atoms with van der Waals surface area (Å²) in [5, 5.41) is 4.66. The lowest BCUT2D eigenvalue weighted by atomic mass is 10.1. The first-order valence-electron chi connectivity index (χ1n) is 6.07. The molecule has 0 aliphatic heterocycles. The number of hydrogen-bond donors (Lipinski definition) is 1. The third kappa shape index (κ3) is 5.40. The Kier molecular flexibility index (Phi) is 6.32. The van der Waals surface area contributed by atoms with Crippen molar-refractivity contribution in [2.45, 2.75) is 38.0 Å². The zero-order valence-corrected chi connectivity index (χ0v) is 13.7. The molecule has 0 fully saturated rings. The molecule has 0 amide bonds. The lowest BCUT2D eigenvalue weighted by Gasteiger charge is -2.23. The van der Waals surface area contributed by atoms with Crippen molar-refractivity contribution < 1.29 is 0 Å². The van der Waals surface area contributed by atoms with Crippen LogP contribution >= 0.6 is 35.0 Å². The summed E-state index contributed by atoms with van der Waals surface area (Å²) in [5.41, 5.74) is 1.11. The van der Waals surface area contributed by atoms with Crippen molar-refractivity contribution in [1.82, 2.24) is 5.32 Å². The number of nitrogens with one attached hydrogen (secondary N) is 1. The molecule has 1 aromatic carbocycles. The first-order chi connectivity index (χ1) is 8.33. The molecule has 0 saturated heterocycles. The summed E-state index contributed by atoms with van der Waals surface area (Å²) in [6.07, 6.45) is 0.902. The van der Waals surface area contributed by atoms with Gasteiger partial charge < -0.3 is 5.32 Å². The predicted octanol–water partition coefficient (Wildman–Crippen LogP) is 4.66. The SMILES string of the molecule is CNC(CSC(C)(C)C)Cc1cccc(Cl)c1Cl. The number of likely N-dealkylation sites (N-methyl/N-ethyl adjacent to an activating group) is 1. The molecule has 1 N–H and O–H groups in total. The molecule has 0 aliphatic carbocycles. The van der Waals surface area contributed by atoms with Crippen LogP contribution in [0.15, 0.2) is 18.2 Å². The van der Waals surface area contributed by atoms with Crippen molar-refractivity contribution in [2.75, 3.05) is 12.8 Å². The molecule has 0 saturated carbocycles. The second kappa shape index (κ2) is 7.04. The van der Waals surface area contributed by atoms with Crippen molar-refractivity contribution >= 4 is 35.0 Å². The molecule has 0 aliphatic rings. The fraction of sp³-hybridized carbons (Fsp3) is 0.571. The van der Waals surface area contributed by atoms with E-state index < -0.39 is 0 Å². The van der Waals surface area contributed by atoms with E-state index in [1.165, 1.54) is 0 Å². The van der Waals surface area contributed by atoms with Crippen LogP contribution in [0.4, 0.5) is 0 Å². The van der Waals surface area contributed by atoms with Gasteiger partial charge in [-0.1, -0.05) is 56.1 Å². The van der Waals surface area contributed by atoms with Crippen LogP contribution in [0.3, 0.4) is 0 Å². The van der Waals surface area contributed by atoms with Crippen molar-refractivity contribution in [1.29, 1.82) is 0 Å². The molecular formula is C14H21Cl2NS. The molecule has 0 aromatic heterocycles. The summed E-state index contributed by atoms with van der Waals surface area (Å²) in [4.78, 5) is 0. The molecule has 102 valence electrons. The van der Waals surface area contributed by atoms with Crippen LogP contribution in [0.5, 0.6) is 0 Å². The number of hydrogen-bond acceptors (Lipinski definition) is 2. The Morgan fingerprint density at radius 2 is 1.94 bits per heavy atom. The first-order valence-corrected chi connectivity index (χ1v) is 7.82. The lowest BCUT2D eigenvalue weighted by molar-refractivity contribution is 0.614. The van der Waals surface area contributed by atoms with Gasteiger partial charge in [-0.3, -0.25) is 0 Å². The summed E-state index contributed by atoms with van der Waals surface area (Å²) in [6.45, 7) is 6.70. The Morgan fingerprint density at radius 1 is 1.28 bits per heavy atom. The normalized spacial score (nSPS) is 13.7. The average molecular weight is 306 g/mol. The third-order valence-corrected chi connectivity index (χ3v) is 4.92. The number of benzene rings is 1. The summed E-state index contributed by atoms with van der Waals surface area (Å²) < 4.78 is 0.285. The highest BCUT2D eigenvalue weighted by atomic mass is 35.5. The van der Waals surface area contributed by atoms with Gasteiger partial charge >= 0.3 is 0 Å². The molecule has 1 nitrogen and oxygen atoms in total. The molecule has 1 unspecified atom stereocenters. The van der Waals surface area contributed by atoms with Crippen LogP contribution in [0.1, 0.15) is 26.3 Å². The van der Waals surface area contributed by atoms with Gasteiger partial charge in [-0.2, -0.15) is 11.8 Å².